The molecule has 0 bridgehead atoms. The van der Waals surface area contributed by atoms with Crippen molar-refractivity contribution in [2.24, 2.45) is 0 Å². The molecule has 12 heteroatoms. The fourth-order valence-electron chi connectivity index (χ4n) is 5.63. The molecule has 2 aromatic rings. The number of rotatable bonds is 12. The first-order valence-electron chi connectivity index (χ1n) is 16.4. The molecule has 6 atom stereocenters. The number of thioether (sulfide) groups is 1. The van der Waals surface area contributed by atoms with E-state index in [1.807, 2.05) is 77.9 Å². The van der Waals surface area contributed by atoms with Crippen LogP contribution in [-0.2, 0) is 53.7 Å². The summed E-state index contributed by atoms with van der Waals surface area (Å²) >= 11 is 1.27. The van der Waals surface area contributed by atoms with Crippen molar-refractivity contribution in [2.45, 2.75) is 115 Å². The highest BCUT2D eigenvalue weighted by atomic mass is 32.2. The number of phenolic OH excluding ortho intramolecular Hbond substituents is 1. The molecule has 1 saturated heterocycles. The Morgan fingerprint density at radius 2 is 1.30 bits per heavy atom. The Kier molecular flexibility index (Phi) is 13.6. The van der Waals surface area contributed by atoms with Crippen molar-refractivity contribution >= 4 is 35.6 Å². The second-order valence-electron chi connectivity index (χ2n) is 14.2. The highest BCUT2D eigenvalue weighted by Gasteiger charge is 2.53. The van der Waals surface area contributed by atoms with Crippen LogP contribution in [-0.4, -0.2) is 72.0 Å². The molecular formula is C38H50O11S. The zero-order valence-electron chi connectivity index (χ0n) is 30.6. The Hall–Kier alpha value is -4.03. The van der Waals surface area contributed by atoms with Crippen LogP contribution in [0.4, 0.5) is 0 Å². The van der Waals surface area contributed by atoms with E-state index in [-0.39, 0.29) is 12.4 Å². The van der Waals surface area contributed by atoms with Gasteiger partial charge in [0.25, 0.3) is 0 Å². The maximum Gasteiger partial charge on any atom is 0.303 e. The van der Waals surface area contributed by atoms with E-state index < -0.39 is 69.8 Å². The quantitative estimate of drug-likeness (QED) is 0.146. The van der Waals surface area contributed by atoms with E-state index in [2.05, 4.69) is 6.58 Å². The second kappa shape index (κ2) is 16.8. The zero-order valence-corrected chi connectivity index (χ0v) is 31.4. The monoisotopic (exact) mass is 714 g/mol. The number of carbonyl (C=O) groups excluding carboxylic acids is 4. The van der Waals surface area contributed by atoms with Crippen LogP contribution >= 0.6 is 11.8 Å². The molecule has 1 fully saturated rings. The third-order valence-corrected chi connectivity index (χ3v) is 9.28. The molecule has 0 aromatic heterocycles. The van der Waals surface area contributed by atoms with Crippen molar-refractivity contribution in [3.63, 3.8) is 0 Å². The van der Waals surface area contributed by atoms with Crippen LogP contribution in [0.5, 0.6) is 11.5 Å². The maximum atomic E-state index is 12.6. The molecule has 1 aliphatic rings. The first-order chi connectivity index (χ1) is 23.2. The molecule has 1 N–H and O–H groups in total. The summed E-state index contributed by atoms with van der Waals surface area (Å²) in [6.07, 6.45) is -3.28. The second-order valence-corrected chi connectivity index (χ2v) is 15.4. The number of ether oxygens (including phenoxy) is 6. The fourth-order valence-corrected chi connectivity index (χ4v) is 7.08. The molecular weight excluding hydrogens is 664 g/mol. The zero-order chi connectivity index (χ0) is 37.6. The van der Waals surface area contributed by atoms with E-state index in [0.717, 1.165) is 22.3 Å². The van der Waals surface area contributed by atoms with Crippen LogP contribution in [0.25, 0.3) is 0 Å². The van der Waals surface area contributed by atoms with Crippen molar-refractivity contribution in [3.8, 4) is 11.5 Å². The summed E-state index contributed by atoms with van der Waals surface area (Å²) in [7, 11) is 0. The van der Waals surface area contributed by atoms with Gasteiger partial charge in [-0.2, -0.15) is 0 Å². The summed E-state index contributed by atoms with van der Waals surface area (Å²) in [6.45, 7) is 20.6. The molecule has 11 nitrogen and oxygen atoms in total. The van der Waals surface area contributed by atoms with Gasteiger partial charge in [0.05, 0.1) is 5.25 Å². The van der Waals surface area contributed by atoms with Gasteiger partial charge in [0, 0.05) is 27.7 Å². The first-order valence-corrected chi connectivity index (χ1v) is 17.3. The lowest BCUT2D eigenvalue weighted by Gasteiger charge is -2.45. The summed E-state index contributed by atoms with van der Waals surface area (Å²) in [5.74, 6) is -1.87. The van der Waals surface area contributed by atoms with Crippen LogP contribution in [0.1, 0.15) is 96.7 Å². The summed E-state index contributed by atoms with van der Waals surface area (Å²) in [5.41, 5.74) is 1.19. The predicted octanol–water partition coefficient (Wildman–Crippen LogP) is 6.46. The lowest BCUT2D eigenvalue weighted by molar-refractivity contribution is -0.237. The van der Waals surface area contributed by atoms with Crippen molar-refractivity contribution in [2.75, 3.05) is 13.2 Å². The lowest BCUT2D eigenvalue weighted by atomic mass is 9.78. The largest absolute Gasteiger partial charge is 0.507 e. The molecule has 0 aliphatic carbocycles. The summed E-state index contributed by atoms with van der Waals surface area (Å²) in [5, 5.41) is 11.0. The third kappa shape index (κ3) is 10.7. The average molecular weight is 715 g/mol. The highest BCUT2D eigenvalue weighted by molar-refractivity contribution is 8.00. The van der Waals surface area contributed by atoms with Gasteiger partial charge in [-0.15, -0.1) is 11.8 Å². The fraction of sp³-hybridized carbons (Fsp3) is 0.526. The van der Waals surface area contributed by atoms with Gasteiger partial charge in [0.1, 0.15) is 36.3 Å². The van der Waals surface area contributed by atoms with Gasteiger partial charge >= 0.3 is 23.9 Å². The van der Waals surface area contributed by atoms with Gasteiger partial charge < -0.3 is 33.5 Å². The van der Waals surface area contributed by atoms with Gasteiger partial charge in [-0.25, -0.2) is 0 Å². The number of carbonyl (C=O) groups is 4. The standard InChI is InChI=1S/C38H50O11S/c1-12-17-44-27-15-13-25(14-16-27)35(26-18-28(37(6,7)8)31(43)29(19-26)38(9,10)11)50-36-34(48-24(5)42)33(47-23(4)41)32(46-22(3)40)30(49-36)20-45-21(2)39/h12-16,18-19,30,32-36,43H,1,17,20H2,2-11H3/t30?,32-,33?,34?,35-,36+/m1/s1. The normalized spacial score (nSPS) is 21.4. The van der Waals surface area contributed by atoms with Gasteiger partial charge in [-0.1, -0.05) is 78.5 Å². The van der Waals surface area contributed by atoms with Crippen molar-refractivity contribution < 1.29 is 52.7 Å². The van der Waals surface area contributed by atoms with E-state index in [4.69, 9.17) is 28.4 Å². The Balaban J connectivity index is 2.30. The molecule has 50 heavy (non-hydrogen) atoms. The van der Waals surface area contributed by atoms with Gasteiger partial charge in [-0.05, 0) is 45.2 Å². The molecule has 3 rings (SSSR count). The van der Waals surface area contributed by atoms with Crippen LogP contribution in [0.15, 0.2) is 49.1 Å². The molecule has 2 aromatic carbocycles. The third-order valence-electron chi connectivity index (χ3n) is 7.82. The number of aromatic hydroxyl groups is 1. The molecule has 0 spiro atoms. The summed E-state index contributed by atoms with van der Waals surface area (Å²) in [6, 6.07) is 11.4. The number of benzene rings is 2. The SMILES string of the molecule is C=CCOc1ccc([C@@H](S[C@@H]2OC(COC(C)=O)[C@@H](OC(C)=O)C(OC(C)=O)C2OC(C)=O)c2cc(C(C)(C)C)c(O)c(C(C)(C)C)c2)cc1. The average Bonchev–Trinajstić information content (AvgIpc) is 2.99. The van der Waals surface area contributed by atoms with E-state index in [1.54, 1.807) is 6.08 Å². The number of phenols is 1. The Bertz CT molecular complexity index is 1500. The Labute approximate surface area is 299 Å². The van der Waals surface area contributed by atoms with E-state index >= 15 is 0 Å². The van der Waals surface area contributed by atoms with E-state index in [9.17, 15) is 24.3 Å². The minimum atomic E-state index is -1.31. The van der Waals surface area contributed by atoms with Gasteiger partial charge in [0.2, 0.25) is 0 Å². The molecule has 0 saturated carbocycles. The molecule has 274 valence electrons. The smallest absolute Gasteiger partial charge is 0.303 e. The number of esters is 4. The maximum absolute atomic E-state index is 12.6. The topological polar surface area (TPSA) is 144 Å². The lowest BCUT2D eigenvalue weighted by Crippen LogP contribution is -2.61. The minimum Gasteiger partial charge on any atom is -0.507 e. The minimum absolute atomic E-state index is 0.206. The highest BCUT2D eigenvalue weighted by Crippen LogP contribution is 2.48. The van der Waals surface area contributed by atoms with Crippen molar-refractivity contribution in [1.82, 2.24) is 0 Å². The van der Waals surface area contributed by atoms with Gasteiger partial charge in [0.15, 0.2) is 18.3 Å². The molecule has 1 heterocycles. The summed E-state index contributed by atoms with van der Waals surface area (Å²) < 4.78 is 34.6. The van der Waals surface area contributed by atoms with Crippen LogP contribution in [0.3, 0.4) is 0 Å². The summed E-state index contributed by atoms with van der Waals surface area (Å²) in [4.78, 5) is 49.1. The number of hydrogen-bond acceptors (Lipinski definition) is 12. The van der Waals surface area contributed by atoms with Crippen molar-refractivity contribution in [1.29, 1.82) is 0 Å². The molecule has 3 unspecified atom stereocenters. The Morgan fingerprint density at radius 1 is 0.800 bits per heavy atom. The first kappa shape index (κ1) is 40.4. The van der Waals surface area contributed by atoms with Crippen LogP contribution in [0, 0.1) is 0 Å². The molecule has 0 amide bonds. The number of hydrogen-bond donors (Lipinski definition) is 1. The van der Waals surface area contributed by atoms with Crippen LogP contribution < -0.4 is 4.74 Å². The van der Waals surface area contributed by atoms with Crippen LogP contribution in [0.2, 0.25) is 0 Å². The molecule has 0 radical (unpaired) electrons. The van der Waals surface area contributed by atoms with Gasteiger partial charge in [-0.3, -0.25) is 19.2 Å². The predicted molar refractivity (Wildman–Crippen MR) is 189 cm³/mol. The Morgan fingerprint density at radius 3 is 1.76 bits per heavy atom. The van der Waals surface area contributed by atoms with E-state index in [0.29, 0.717) is 12.4 Å². The van der Waals surface area contributed by atoms with E-state index in [1.165, 1.54) is 39.5 Å². The molecule has 1 aliphatic heterocycles. The van der Waals surface area contributed by atoms with Crippen molar-refractivity contribution in [3.05, 3.63) is 71.3 Å².